The molecule has 0 atom stereocenters. The number of hydrogen-bond donors (Lipinski definition) is 2. The van der Waals surface area contributed by atoms with Crippen LogP contribution in [0.25, 0.3) is 22.6 Å². The summed E-state index contributed by atoms with van der Waals surface area (Å²) >= 11 is 0. The molecule has 4 rings (SSSR count). The van der Waals surface area contributed by atoms with Crippen LogP contribution in [-0.4, -0.2) is 15.7 Å². The summed E-state index contributed by atoms with van der Waals surface area (Å²) in [6.45, 7) is 3.80. The van der Waals surface area contributed by atoms with Gasteiger partial charge in [-0.05, 0) is 24.3 Å². The summed E-state index contributed by atoms with van der Waals surface area (Å²) in [7, 11) is 0. The van der Waals surface area contributed by atoms with Gasteiger partial charge in [0, 0.05) is 17.3 Å². The van der Waals surface area contributed by atoms with Crippen molar-refractivity contribution in [1.29, 1.82) is 0 Å². The maximum absolute atomic E-state index is 13.9. The highest BCUT2D eigenvalue weighted by molar-refractivity contribution is 6.00. The number of carbonyl (C=O) groups excluding carboxylic acids is 1. The van der Waals surface area contributed by atoms with Crippen molar-refractivity contribution in [3.63, 3.8) is 0 Å². The maximum Gasteiger partial charge on any atom is 0.273 e. The SMILES string of the molecule is C=C(NNC(=O)c1cn(-c2ccccc2)nc1-c1ccccc1)c1ccccc1F. The Morgan fingerprint density at radius 3 is 2.17 bits per heavy atom. The van der Waals surface area contributed by atoms with Crippen molar-refractivity contribution in [2.24, 2.45) is 0 Å². The molecule has 30 heavy (non-hydrogen) atoms. The summed E-state index contributed by atoms with van der Waals surface area (Å²) in [5, 5.41) is 4.62. The van der Waals surface area contributed by atoms with Crippen LogP contribution >= 0.6 is 0 Å². The van der Waals surface area contributed by atoms with Crippen LogP contribution in [-0.2, 0) is 0 Å². The van der Waals surface area contributed by atoms with Crippen LogP contribution in [0, 0.1) is 5.82 Å². The number of benzene rings is 3. The third-order valence-corrected chi connectivity index (χ3v) is 4.55. The second-order valence-corrected chi connectivity index (χ2v) is 6.58. The molecule has 0 fully saturated rings. The van der Waals surface area contributed by atoms with Gasteiger partial charge >= 0.3 is 0 Å². The minimum Gasteiger partial charge on any atom is -0.298 e. The molecular weight excluding hydrogens is 379 g/mol. The molecule has 6 heteroatoms. The Morgan fingerprint density at radius 1 is 0.833 bits per heavy atom. The van der Waals surface area contributed by atoms with Gasteiger partial charge in [0.05, 0.1) is 16.9 Å². The number of halogens is 1. The van der Waals surface area contributed by atoms with E-state index in [1.807, 2.05) is 60.7 Å². The molecule has 0 aliphatic rings. The third kappa shape index (κ3) is 3.98. The smallest absolute Gasteiger partial charge is 0.273 e. The van der Waals surface area contributed by atoms with Gasteiger partial charge in [-0.25, -0.2) is 9.07 Å². The highest BCUT2D eigenvalue weighted by Gasteiger charge is 2.19. The second kappa shape index (κ2) is 8.45. The average Bonchev–Trinajstić information content (AvgIpc) is 3.24. The molecule has 1 amide bonds. The fraction of sp³-hybridized carbons (Fsp3) is 0. The van der Waals surface area contributed by atoms with Crippen LogP contribution in [0.2, 0.25) is 0 Å². The summed E-state index contributed by atoms with van der Waals surface area (Å²) < 4.78 is 15.6. The number of nitrogens with zero attached hydrogens (tertiary/aromatic N) is 2. The first kappa shape index (κ1) is 19.1. The van der Waals surface area contributed by atoms with E-state index in [9.17, 15) is 9.18 Å². The number of para-hydroxylation sites is 1. The Kier molecular flexibility index (Phi) is 5.39. The van der Waals surface area contributed by atoms with E-state index in [4.69, 9.17) is 0 Å². The van der Waals surface area contributed by atoms with Crippen LogP contribution in [0.3, 0.4) is 0 Å². The Hall–Kier alpha value is -4.19. The monoisotopic (exact) mass is 398 g/mol. The number of rotatable bonds is 6. The fourth-order valence-corrected chi connectivity index (χ4v) is 3.04. The van der Waals surface area contributed by atoms with Gasteiger partial charge in [0.2, 0.25) is 0 Å². The molecule has 0 saturated heterocycles. The largest absolute Gasteiger partial charge is 0.298 e. The number of amides is 1. The third-order valence-electron chi connectivity index (χ3n) is 4.55. The molecule has 5 nitrogen and oxygen atoms in total. The molecule has 0 aliphatic heterocycles. The number of aromatic nitrogens is 2. The van der Waals surface area contributed by atoms with Crippen LogP contribution in [0.1, 0.15) is 15.9 Å². The second-order valence-electron chi connectivity index (χ2n) is 6.58. The first-order chi connectivity index (χ1) is 14.6. The first-order valence-corrected chi connectivity index (χ1v) is 9.34. The summed E-state index contributed by atoms with van der Waals surface area (Å²) in [4.78, 5) is 12.9. The van der Waals surface area contributed by atoms with E-state index < -0.39 is 11.7 Å². The summed E-state index contributed by atoms with van der Waals surface area (Å²) in [6, 6.07) is 25.2. The molecule has 0 unspecified atom stereocenters. The van der Waals surface area contributed by atoms with E-state index in [1.165, 1.54) is 6.07 Å². The summed E-state index contributed by atoms with van der Waals surface area (Å²) in [5.74, 6) is -0.834. The predicted octanol–water partition coefficient (Wildman–Crippen LogP) is 4.58. The van der Waals surface area contributed by atoms with E-state index in [1.54, 1.807) is 29.1 Å². The number of hydrazine groups is 1. The highest BCUT2D eigenvalue weighted by Crippen LogP contribution is 2.23. The normalized spacial score (nSPS) is 10.4. The van der Waals surface area contributed by atoms with Gasteiger partial charge in [-0.1, -0.05) is 67.2 Å². The number of nitrogens with one attached hydrogen (secondary N) is 2. The Morgan fingerprint density at radius 2 is 1.47 bits per heavy atom. The fourth-order valence-electron chi connectivity index (χ4n) is 3.04. The minimum absolute atomic E-state index is 0.248. The van der Waals surface area contributed by atoms with Crippen molar-refractivity contribution in [1.82, 2.24) is 20.6 Å². The Balaban J connectivity index is 1.62. The highest BCUT2D eigenvalue weighted by atomic mass is 19.1. The number of hydrogen-bond acceptors (Lipinski definition) is 3. The van der Waals surface area contributed by atoms with Gasteiger partial charge in [-0.2, -0.15) is 5.10 Å². The van der Waals surface area contributed by atoms with Crippen LogP contribution in [0.4, 0.5) is 4.39 Å². The molecule has 0 spiro atoms. The molecule has 1 aromatic heterocycles. The van der Waals surface area contributed by atoms with Crippen LogP contribution in [0.15, 0.2) is 97.7 Å². The van der Waals surface area contributed by atoms with Gasteiger partial charge in [0.15, 0.2) is 0 Å². The molecule has 1 heterocycles. The molecule has 0 radical (unpaired) electrons. The molecular formula is C24H19FN4O. The van der Waals surface area contributed by atoms with E-state index in [0.29, 0.717) is 11.3 Å². The lowest BCUT2D eigenvalue weighted by Crippen LogP contribution is -2.36. The Labute approximate surface area is 173 Å². The summed E-state index contributed by atoms with van der Waals surface area (Å²) in [6.07, 6.45) is 1.67. The van der Waals surface area contributed by atoms with Crippen molar-refractivity contribution in [3.05, 3.63) is 115 Å². The van der Waals surface area contributed by atoms with Crippen molar-refractivity contribution >= 4 is 11.6 Å². The van der Waals surface area contributed by atoms with Crippen LogP contribution in [0.5, 0.6) is 0 Å². The minimum atomic E-state index is -0.425. The van der Waals surface area contributed by atoms with Crippen molar-refractivity contribution in [3.8, 4) is 16.9 Å². The quantitative estimate of drug-likeness (QED) is 0.467. The standard InChI is InChI=1S/C24H19FN4O/c1-17(20-14-8-9-15-22(20)25)26-27-24(30)21-16-29(19-12-6-3-7-13-19)28-23(21)18-10-4-2-5-11-18/h2-16,26H,1H2,(H,27,30). The zero-order valence-corrected chi connectivity index (χ0v) is 16.0. The lowest BCUT2D eigenvalue weighted by Gasteiger charge is -2.11. The molecule has 0 aliphatic carbocycles. The molecule has 148 valence electrons. The topological polar surface area (TPSA) is 58.9 Å². The van der Waals surface area contributed by atoms with Crippen molar-refractivity contribution < 1.29 is 9.18 Å². The zero-order chi connectivity index (χ0) is 20.9. The molecule has 4 aromatic rings. The van der Waals surface area contributed by atoms with Gasteiger partial charge in [-0.3, -0.25) is 15.6 Å². The van der Waals surface area contributed by atoms with Gasteiger partial charge in [0.25, 0.3) is 5.91 Å². The predicted molar refractivity (Wildman–Crippen MR) is 115 cm³/mol. The first-order valence-electron chi connectivity index (χ1n) is 9.34. The van der Waals surface area contributed by atoms with Gasteiger partial charge < -0.3 is 0 Å². The molecule has 3 aromatic carbocycles. The molecule has 0 saturated carbocycles. The van der Waals surface area contributed by atoms with Gasteiger partial charge in [0.1, 0.15) is 11.5 Å². The lowest BCUT2D eigenvalue weighted by atomic mass is 10.1. The van der Waals surface area contributed by atoms with Crippen molar-refractivity contribution in [2.45, 2.75) is 0 Å². The lowest BCUT2D eigenvalue weighted by molar-refractivity contribution is 0.0943. The zero-order valence-electron chi connectivity index (χ0n) is 16.0. The molecule has 2 N–H and O–H groups in total. The van der Waals surface area contributed by atoms with Crippen molar-refractivity contribution in [2.75, 3.05) is 0 Å². The maximum atomic E-state index is 13.9. The van der Waals surface area contributed by atoms with Crippen LogP contribution < -0.4 is 10.9 Å². The van der Waals surface area contributed by atoms with E-state index >= 15 is 0 Å². The number of carbonyl (C=O) groups is 1. The summed E-state index contributed by atoms with van der Waals surface area (Å²) in [5.41, 5.74) is 8.37. The van der Waals surface area contributed by atoms with E-state index in [0.717, 1.165) is 11.3 Å². The van der Waals surface area contributed by atoms with E-state index in [-0.39, 0.29) is 11.3 Å². The van der Waals surface area contributed by atoms with Gasteiger partial charge in [-0.15, -0.1) is 0 Å². The molecule has 0 bridgehead atoms. The van der Waals surface area contributed by atoms with E-state index in [2.05, 4.69) is 22.5 Å². The Bertz CT molecular complexity index is 1190. The average molecular weight is 398 g/mol.